The van der Waals surface area contributed by atoms with E-state index >= 15 is 4.39 Å². The molecule has 5 rings (SSSR count). The van der Waals surface area contributed by atoms with Crippen LogP contribution in [0.15, 0.2) is 87.2 Å². The van der Waals surface area contributed by atoms with Crippen LogP contribution in [0.2, 0.25) is 0 Å². The Morgan fingerprint density at radius 2 is 1.85 bits per heavy atom. The van der Waals surface area contributed by atoms with Crippen LogP contribution in [0.1, 0.15) is 32.6 Å². The fourth-order valence-corrected chi connectivity index (χ4v) is 5.65. The predicted molar refractivity (Wildman–Crippen MR) is 154 cm³/mol. The SMILES string of the molecule is CCCC1=CNC(N2CCC(Oc3cc(=O)n(-c4ccc(S(C)(=O)=O)cc4F)cc3-c3ccccc3)CC2)N=C1. The van der Waals surface area contributed by atoms with Gasteiger partial charge < -0.3 is 10.1 Å². The minimum Gasteiger partial charge on any atom is -0.489 e. The second kappa shape index (κ2) is 11.8. The van der Waals surface area contributed by atoms with E-state index in [4.69, 9.17) is 4.74 Å². The number of piperidine rings is 1. The maximum Gasteiger partial charge on any atom is 0.258 e. The van der Waals surface area contributed by atoms with E-state index in [0.717, 1.165) is 56.7 Å². The molecule has 210 valence electrons. The molecular weight excluding hydrogens is 531 g/mol. The van der Waals surface area contributed by atoms with E-state index in [9.17, 15) is 13.2 Å². The van der Waals surface area contributed by atoms with Crippen molar-refractivity contribution in [2.24, 2.45) is 4.99 Å². The van der Waals surface area contributed by atoms with Gasteiger partial charge in [-0.25, -0.2) is 12.8 Å². The molecule has 10 heteroatoms. The van der Waals surface area contributed by atoms with Crippen molar-refractivity contribution in [2.75, 3.05) is 19.3 Å². The monoisotopic (exact) mass is 564 g/mol. The maximum atomic E-state index is 15.0. The number of hydrogen-bond acceptors (Lipinski definition) is 7. The highest BCUT2D eigenvalue weighted by Gasteiger charge is 2.27. The van der Waals surface area contributed by atoms with Gasteiger partial charge in [-0.05, 0) is 48.6 Å². The van der Waals surface area contributed by atoms with Gasteiger partial charge in [-0.15, -0.1) is 0 Å². The minimum atomic E-state index is -3.59. The quantitative estimate of drug-likeness (QED) is 0.432. The molecule has 1 N–H and O–H groups in total. The number of hydrogen-bond donors (Lipinski definition) is 1. The summed E-state index contributed by atoms with van der Waals surface area (Å²) < 4.78 is 46.3. The van der Waals surface area contributed by atoms with Gasteiger partial charge in [0.25, 0.3) is 5.56 Å². The van der Waals surface area contributed by atoms with Gasteiger partial charge in [0.1, 0.15) is 17.7 Å². The second-order valence-electron chi connectivity index (χ2n) is 10.2. The first kappa shape index (κ1) is 27.8. The second-order valence-corrected chi connectivity index (χ2v) is 12.2. The van der Waals surface area contributed by atoms with Crippen LogP contribution < -0.4 is 15.6 Å². The van der Waals surface area contributed by atoms with Crippen molar-refractivity contribution in [1.82, 2.24) is 14.8 Å². The van der Waals surface area contributed by atoms with E-state index in [0.29, 0.717) is 11.3 Å². The number of rotatable bonds is 8. The van der Waals surface area contributed by atoms with Crippen molar-refractivity contribution in [3.8, 4) is 22.6 Å². The Hall–Kier alpha value is -3.76. The molecule has 0 saturated carbocycles. The van der Waals surface area contributed by atoms with Crippen LogP contribution in [0.5, 0.6) is 5.75 Å². The summed E-state index contributed by atoms with van der Waals surface area (Å²) in [6.07, 6.45) is 9.98. The lowest BCUT2D eigenvalue weighted by molar-refractivity contribution is 0.0714. The fourth-order valence-electron chi connectivity index (χ4n) is 5.02. The molecule has 2 aromatic carbocycles. The van der Waals surface area contributed by atoms with Gasteiger partial charge in [-0.3, -0.25) is 19.3 Å². The Kier molecular flexibility index (Phi) is 8.18. The number of sulfone groups is 1. The van der Waals surface area contributed by atoms with Gasteiger partial charge in [0, 0.05) is 49.6 Å². The number of likely N-dealkylation sites (tertiary alicyclic amines) is 1. The number of nitrogens with zero attached hydrogens (tertiary/aromatic N) is 3. The van der Waals surface area contributed by atoms with Crippen LogP contribution in [0, 0.1) is 5.82 Å². The van der Waals surface area contributed by atoms with E-state index in [1.807, 2.05) is 42.7 Å². The molecule has 1 aromatic heterocycles. The molecule has 0 bridgehead atoms. The zero-order valence-corrected chi connectivity index (χ0v) is 23.4. The van der Waals surface area contributed by atoms with E-state index in [1.165, 1.54) is 28.3 Å². The molecule has 40 heavy (non-hydrogen) atoms. The maximum absolute atomic E-state index is 15.0. The molecule has 1 saturated heterocycles. The van der Waals surface area contributed by atoms with Gasteiger partial charge in [-0.2, -0.15) is 0 Å². The molecule has 2 aliphatic rings. The Morgan fingerprint density at radius 3 is 2.48 bits per heavy atom. The third-order valence-electron chi connectivity index (χ3n) is 7.16. The number of nitrogens with one attached hydrogen (secondary N) is 1. The third kappa shape index (κ3) is 6.18. The summed E-state index contributed by atoms with van der Waals surface area (Å²) >= 11 is 0. The van der Waals surface area contributed by atoms with Crippen molar-refractivity contribution in [3.63, 3.8) is 0 Å². The smallest absolute Gasteiger partial charge is 0.258 e. The Morgan fingerprint density at radius 1 is 1.10 bits per heavy atom. The summed E-state index contributed by atoms with van der Waals surface area (Å²) in [5, 5.41) is 3.38. The first-order valence-corrected chi connectivity index (χ1v) is 15.3. The number of aromatic nitrogens is 1. The lowest BCUT2D eigenvalue weighted by Gasteiger charge is -2.36. The zero-order chi connectivity index (χ0) is 28.3. The van der Waals surface area contributed by atoms with Crippen LogP contribution in [-0.2, 0) is 9.84 Å². The summed E-state index contributed by atoms with van der Waals surface area (Å²) in [6, 6.07) is 14.4. The van der Waals surface area contributed by atoms with Crippen LogP contribution in [0.3, 0.4) is 0 Å². The standard InChI is InChI=1S/C30H33FN4O4S/c1-3-7-21-18-32-30(33-19-21)34-14-12-23(13-15-34)39-28-17-29(36)35(20-25(28)22-8-5-4-6-9-22)27-11-10-24(16-26(27)31)40(2,37)38/h4-6,8-11,16-20,23,30,32H,3,7,12-15H2,1-2H3. The largest absolute Gasteiger partial charge is 0.489 e. The zero-order valence-electron chi connectivity index (χ0n) is 22.6. The summed E-state index contributed by atoms with van der Waals surface area (Å²) in [6.45, 7) is 3.71. The average Bonchev–Trinajstić information content (AvgIpc) is 2.94. The molecule has 8 nitrogen and oxygen atoms in total. The molecule has 0 spiro atoms. The first-order valence-electron chi connectivity index (χ1n) is 13.4. The number of aliphatic imine (C=N–C) groups is 1. The van der Waals surface area contributed by atoms with Gasteiger partial charge in [0.2, 0.25) is 0 Å². The number of ether oxygens (including phenoxy) is 1. The molecule has 1 unspecified atom stereocenters. The number of halogens is 1. The summed E-state index contributed by atoms with van der Waals surface area (Å²) in [4.78, 5) is 20.0. The van der Waals surface area contributed by atoms with Crippen LogP contribution >= 0.6 is 0 Å². The summed E-state index contributed by atoms with van der Waals surface area (Å²) in [5.41, 5.74) is 2.14. The topological polar surface area (TPSA) is 93.0 Å². The highest BCUT2D eigenvalue weighted by Crippen LogP contribution is 2.32. The number of benzene rings is 2. The number of pyridine rings is 1. The molecule has 0 aliphatic carbocycles. The Labute approximate surface area is 233 Å². The minimum absolute atomic E-state index is 0.0360. The Bertz CT molecular complexity index is 1590. The van der Waals surface area contributed by atoms with E-state index in [-0.39, 0.29) is 23.0 Å². The molecule has 2 aliphatic heterocycles. The van der Waals surface area contributed by atoms with Gasteiger partial charge in [0.15, 0.2) is 16.1 Å². The fraction of sp³-hybridized carbons (Fsp3) is 0.333. The molecule has 3 aromatic rings. The lowest BCUT2D eigenvalue weighted by atomic mass is 10.0. The van der Waals surface area contributed by atoms with Gasteiger partial charge in [0.05, 0.1) is 10.6 Å². The lowest BCUT2D eigenvalue weighted by Crippen LogP contribution is -2.49. The summed E-state index contributed by atoms with van der Waals surface area (Å²) in [5.74, 6) is -0.374. The molecule has 0 radical (unpaired) electrons. The predicted octanol–water partition coefficient (Wildman–Crippen LogP) is 4.53. The van der Waals surface area contributed by atoms with Crippen molar-refractivity contribution in [3.05, 3.63) is 88.7 Å². The van der Waals surface area contributed by atoms with E-state index in [2.05, 4.69) is 22.1 Å². The average molecular weight is 565 g/mol. The normalized spacial score (nSPS) is 18.3. The third-order valence-corrected chi connectivity index (χ3v) is 8.27. The molecule has 0 amide bonds. The van der Waals surface area contributed by atoms with Crippen molar-refractivity contribution in [1.29, 1.82) is 0 Å². The van der Waals surface area contributed by atoms with Crippen LogP contribution in [-0.4, -0.2) is 55.8 Å². The van der Waals surface area contributed by atoms with Gasteiger partial charge >= 0.3 is 0 Å². The molecule has 3 heterocycles. The van der Waals surface area contributed by atoms with Crippen molar-refractivity contribution < 1.29 is 17.5 Å². The van der Waals surface area contributed by atoms with Crippen LogP contribution in [0.25, 0.3) is 16.8 Å². The molecule has 1 fully saturated rings. The highest BCUT2D eigenvalue weighted by atomic mass is 32.2. The van der Waals surface area contributed by atoms with E-state index in [1.54, 1.807) is 6.20 Å². The van der Waals surface area contributed by atoms with Crippen molar-refractivity contribution >= 4 is 16.1 Å². The molecular formula is C30H33FN4O4S. The number of allylic oxidation sites excluding steroid dienone is 1. The molecule has 1 atom stereocenters. The summed E-state index contributed by atoms with van der Waals surface area (Å²) in [7, 11) is -3.59. The van der Waals surface area contributed by atoms with E-state index < -0.39 is 21.2 Å². The Balaban J connectivity index is 1.38. The van der Waals surface area contributed by atoms with Crippen LogP contribution in [0.4, 0.5) is 4.39 Å². The van der Waals surface area contributed by atoms with Gasteiger partial charge in [-0.1, -0.05) is 43.7 Å². The highest BCUT2D eigenvalue weighted by molar-refractivity contribution is 7.90. The first-order chi connectivity index (χ1) is 19.2. The van der Waals surface area contributed by atoms with Crippen molar-refractivity contribution in [2.45, 2.75) is 49.9 Å².